The van der Waals surface area contributed by atoms with Crippen LogP contribution in [-0.4, -0.2) is 15.0 Å². The second kappa shape index (κ2) is 6.83. The van der Waals surface area contributed by atoms with Crippen LogP contribution in [0, 0.1) is 0 Å². The number of ether oxygens (including phenoxy) is 1. The molecule has 0 saturated heterocycles. The Balaban J connectivity index is 2.10. The summed E-state index contributed by atoms with van der Waals surface area (Å²) in [5, 5.41) is 1.41. The molecule has 3 rings (SSSR count). The molecule has 124 valence electrons. The lowest BCUT2D eigenvalue weighted by Gasteiger charge is -2.13. The molecule has 0 aliphatic rings. The van der Waals surface area contributed by atoms with E-state index in [0.717, 1.165) is 9.86 Å². The van der Waals surface area contributed by atoms with Crippen molar-refractivity contribution in [2.24, 2.45) is 0 Å². The van der Waals surface area contributed by atoms with Crippen molar-refractivity contribution in [2.75, 3.05) is 11.3 Å². The van der Waals surface area contributed by atoms with Gasteiger partial charge in [-0.15, -0.1) is 0 Å². The number of hydrogen-bond donors (Lipinski definition) is 1. The number of halogens is 1. The van der Waals surface area contributed by atoms with Crippen LogP contribution in [0.15, 0.2) is 70.0 Å². The second-order valence-electron chi connectivity index (χ2n) is 5.16. The summed E-state index contributed by atoms with van der Waals surface area (Å²) < 4.78 is 34.7. The Kier molecular flexibility index (Phi) is 4.78. The fourth-order valence-electron chi connectivity index (χ4n) is 2.52. The standard InChI is InChI=1S/C18H16BrNO3S/c1-2-23-17-10-11-18(16-9-4-3-8-15(16)17)24(21,22)20-14-7-5-6-13(19)12-14/h3-12,20H,2H2,1H3. The van der Waals surface area contributed by atoms with Gasteiger partial charge in [-0.1, -0.05) is 46.3 Å². The molecular formula is C18H16BrNO3S. The minimum absolute atomic E-state index is 0.224. The van der Waals surface area contributed by atoms with E-state index < -0.39 is 10.0 Å². The van der Waals surface area contributed by atoms with Gasteiger partial charge >= 0.3 is 0 Å². The highest BCUT2D eigenvalue weighted by Gasteiger charge is 2.19. The third kappa shape index (κ3) is 3.39. The van der Waals surface area contributed by atoms with Crippen LogP contribution < -0.4 is 9.46 Å². The Bertz CT molecular complexity index is 986. The van der Waals surface area contributed by atoms with Crippen molar-refractivity contribution in [1.82, 2.24) is 0 Å². The van der Waals surface area contributed by atoms with Crippen molar-refractivity contribution in [3.05, 3.63) is 65.1 Å². The van der Waals surface area contributed by atoms with Crippen LogP contribution in [0.1, 0.15) is 6.92 Å². The van der Waals surface area contributed by atoms with Crippen molar-refractivity contribution < 1.29 is 13.2 Å². The molecule has 1 N–H and O–H groups in total. The van der Waals surface area contributed by atoms with Gasteiger partial charge in [0.05, 0.1) is 11.5 Å². The first kappa shape index (κ1) is 16.8. The lowest BCUT2D eigenvalue weighted by atomic mass is 10.1. The van der Waals surface area contributed by atoms with Crippen LogP contribution in [0.4, 0.5) is 5.69 Å². The lowest BCUT2D eigenvalue weighted by Crippen LogP contribution is -2.13. The van der Waals surface area contributed by atoms with E-state index in [1.165, 1.54) is 0 Å². The average molecular weight is 406 g/mol. The van der Waals surface area contributed by atoms with Crippen molar-refractivity contribution in [3.8, 4) is 5.75 Å². The van der Waals surface area contributed by atoms with E-state index in [-0.39, 0.29) is 4.90 Å². The van der Waals surface area contributed by atoms with Crippen molar-refractivity contribution in [1.29, 1.82) is 0 Å². The Hall–Kier alpha value is -2.05. The highest BCUT2D eigenvalue weighted by Crippen LogP contribution is 2.32. The third-order valence-electron chi connectivity index (χ3n) is 3.51. The largest absolute Gasteiger partial charge is 0.493 e. The maximum Gasteiger partial charge on any atom is 0.262 e. The van der Waals surface area contributed by atoms with Crippen LogP contribution in [0.2, 0.25) is 0 Å². The fraction of sp³-hybridized carbons (Fsp3) is 0.111. The SMILES string of the molecule is CCOc1ccc(S(=O)(=O)Nc2cccc(Br)c2)c2ccccc12. The van der Waals surface area contributed by atoms with Gasteiger partial charge in [0.2, 0.25) is 0 Å². The van der Waals surface area contributed by atoms with Gasteiger partial charge in [-0.05, 0) is 37.3 Å². The maximum absolute atomic E-state index is 12.8. The van der Waals surface area contributed by atoms with Crippen molar-refractivity contribution in [2.45, 2.75) is 11.8 Å². The molecule has 0 spiro atoms. The van der Waals surface area contributed by atoms with Crippen molar-refractivity contribution >= 4 is 42.4 Å². The zero-order chi connectivity index (χ0) is 17.2. The number of hydrogen-bond acceptors (Lipinski definition) is 3. The van der Waals surface area contributed by atoms with E-state index in [1.807, 2.05) is 31.2 Å². The first-order valence-corrected chi connectivity index (χ1v) is 9.72. The van der Waals surface area contributed by atoms with Crippen molar-refractivity contribution in [3.63, 3.8) is 0 Å². The summed E-state index contributed by atoms with van der Waals surface area (Å²) in [6.07, 6.45) is 0. The predicted octanol–water partition coefficient (Wildman–Crippen LogP) is 4.80. The molecule has 0 aliphatic heterocycles. The van der Waals surface area contributed by atoms with E-state index in [1.54, 1.807) is 36.4 Å². The van der Waals surface area contributed by atoms with Crippen LogP contribution in [0.5, 0.6) is 5.75 Å². The molecule has 0 saturated carbocycles. The maximum atomic E-state index is 12.8. The zero-order valence-electron chi connectivity index (χ0n) is 13.0. The first-order valence-electron chi connectivity index (χ1n) is 7.44. The highest BCUT2D eigenvalue weighted by molar-refractivity contribution is 9.10. The molecule has 0 bridgehead atoms. The van der Waals surface area contributed by atoms with Gasteiger partial charge in [0.25, 0.3) is 10.0 Å². The summed E-state index contributed by atoms with van der Waals surface area (Å²) in [4.78, 5) is 0.224. The number of nitrogens with one attached hydrogen (secondary N) is 1. The summed E-state index contributed by atoms with van der Waals surface area (Å²) in [5.41, 5.74) is 0.502. The fourth-order valence-corrected chi connectivity index (χ4v) is 4.18. The predicted molar refractivity (Wildman–Crippen MR) is 100 cm³/mol. The Morgan fingerprint density at radius 1 is 1.00 bits per heavy atom. The number of anilines is 1. The number of fused-ring (bicyclic) bond motifs is 1. The summed E-state index contributed by atoms with van der Waals surface area (Å²) in [5.74, 6) is 0.675. The molecule has 0 aromatic heterocycles. The molecule has 3 aromatic carbocycles. The van der Waals surface area contributed by atoms with Gasteiger partial charge in [-0.2, -0.15) is 0 Å². The molecule has 3 aromatic rings. The molecule has 4 nitrogen and oxygen atoms in total. The monoisotopic (exact) mass is 405 g/mol. The molecular weight excluding hydrogens is 390 g/mol. The van der Waals surface area contributed by atoms with Crippen LogP contribution >= 0.6 is 15.9 Å². The Labute approximate surface area is 149 Å². The normalized spacial score (nSPS) is 11.4. The van der Waals surface area contributed by atoms with E-state index in [2.05, 4.69) is 20.7 Å². The molecule has 0 aliphatic carbocycles. The van der Waals surface area contributed by atoms with E-state index in [0.29, 0.717) is 23.4 Å². The molecule has 0 radical (unpaired) electrons. The lowest BCUT2D eigenvalue weighted by molar-refractivity contribution is 0.344. The zero-order valence-corrected chi connectivity index (χ0v) is 15.4. The van der Waals surface area contributed by atoms with Crippen LogP contribution in [-0.2, 0) is 10.0 Å². The van der Waals surface area contributed by atoms with Crippen LogP contribution in [0.3, 0.4) is 0 Å². The van der Waals surface area contributed by atoms with Gasteiger partial charge in [0.15, 0.2) is 0 Å². The highest BCUT2D eigenvalue weighted by atomic mass is 79.9. The Morgan fingerprint density at radius 2 is 1.75 bits per heavy atom. The molecule has 0 unspecified atom stereocenters. The van der Waals surface area contributed by atoms with Gasteiger partial charge < -0.3 is 4.74 Å². The van der Waals surface area contributed by atoms with Gasteiger partial charge in [-0.3, -0.25) is 4.72 Å². The summed E-state index contributed by atoms with van der Waals surface area (Å²) in [7, 11) is -3.71. The van der Waals surface area contributed by atoms with Gasteiger partial charge in [-0.25, -0.2) is 8.42 Å². The molecule has 0 amide bonds. The average Bonchev–Trinajstić information content (AvgIpc) is 2.55. The molecule has 0 atom stereocenters. The molecule has 24 heavy (non-hydrogen) atoms. The summed E-state index contributed by atoms with van der Waals surface area (Å²) in [6, 6.07) is 17.6. The number of benzene rings is 3. The van der Waals surface area contributed by atoms with E-state index in [4.69, 9.17) is 4.74 Å². The third-order valence-corrected chi connectivity index (χ3v) is 5.44. The van der Waals surface area contributed by atoms with Gasteiger partial charge in [0.1, 0.15) is 5.75 Å². The number of rotatable bonds is 5. The number of sulfonamides is 1. The second-order valence-corrected chi connectivity index (χ2v) is 7.72. The van der Waals surface area contributed by atoms with E-state index in [9.17, 15) is 8.42 Å². The minimum Gasteiger partial charge on any atom is -0.493 e. The van der Waals surface area contributed by atoms with Gasteiger partial charge in [0, 0.05) is 20.9 Å². The topological polar surface area (TPSA) is 55.4 Å². The molecule has 0 fully saturated rings. The van der Waals surface area contributed by atoms with Crippen LogP contribution in [0.25, 0.3) is 10.8 Å². The quantitative estimate of drug-likeness (QED) is 0.662. The summed E-state index contributed by atoms with van der Waals surface area (Å²) in [6.45, 7) is 2.42. The van der Waals surface area contributed by atoms with E-state index >= 15 is 0 Å². The summed E-state index contributed by atoms with van der Waals surface area (Å²) >= 11 is 3.34. The molecule has 0 heterocycles. The molecule has 6 heteroatoms. The minimum atomic E-state index is -3.71. The first-order chi connectivity index (χ1) is 11.5. The Morgan fingerprint density at radius 3 is 2.46 bits per heavy atom. The smallest absolute Gasteiger partial charge is 0.262 e.